The molecule has 35 heavy (non-hydrogen) atoms. The Morgan fingerprint density at radius 3 is 2.60 bits per heavy atom. The molecule has 0 unspecified atom stereocenters. The molecule has 2 amide bonds. The molecule has 4 aromatic rings. The van der Waals surface area contributed by atoms with Crippen molar-refractivity contribution in [3.8, 4) is 11.1 Å². The molecule has 12 heteroatoms. The van der Waals surface area contributed by atoms with Crippen molar-refractivity contribution in [1.29, 1.82) is 0 Å². The lowest BCUT2D eigenvalue weighted by Crippen LogP contribution is -2.33. The Morgan fingerprint density at radius 1 is 1.14 bits per heavy atom. The van der Waals surface area contributed by atoms with Crippen LogP contribution in [0.4, 0.5) is 9.93 Å². The highest BCUT2D eigenvalue weighted by Gasteiger charge is 2.22. The van der Waals surface area contributed by atoms with Crippen molar-refractivity contribution < 1.29 is 17.7 Å². The molecule has 0 spiro atoms. The van der Waals surface area contributed by atoms with E-state index in [1.807, 2.05) is 39.0 Å². The van der Waals surface area contributed by atoms with Crippen molar-refractivity contribution in [2.24, 2.45) is 0 Å². The SMILES string of the molecule is CN(CCc1noc(C(C)(C)C)n1)C(=O)Nc1nc2ccc(-c3cncc(S(C)(=O)=O)c3)cc2s1. The quantitative estimate of drug-likeness (QED) is 0.406. The number of anilines is 1. The second kappa shape index (κ2) is 9.34. The summed E-state index contributed by atoms with van der Waals surface area (Å²) >= 11 is 1.33. The number of nitrogens with one attached hydrogen (secondary N) is 1. The minimum atomic E-state index is -3.36. The molecule has 0 radical (unpaired) electrons. The summed E-state index contributed by atoms with van der Waals surface area (Å²) in [6, 6.07) is 6.87. The number of fused-ring (bicyclic) bond motifs is 1. The van der Waals surface area contributed by atoms with Crippen molar-refractivity contribution in [2.75, 3.05) is 25.2 Å². The topological polar surface area (TPSA) is 131 Å². The summed E-state index contributed by atoms with van der Waals surface area (Å²) in [5, 5.41) is 7.27. The predicted octanol–water partition coefficient (Wildman–Crippen LogP) is 4.15. The fourth-order valence-corrected chi connectivity index (χ4v) is 4.64. The maximum absolute atomic E-state index is 12.6. The van der Waals surface area contributed by atoms with Gasteiger partial charge < -0.3 is 9.42 Å². The second-order valence-electron chi connectivity index (χ2n) is 9.25. The highest BCUT2D eigenvalue weighted by Crippen LogP contribution is 2.31. The van der Waals surface area contributed by atoms with E-state index in [1.165, 1.54) is 22.4 Å². The largest absolute Gasteiger partial charge is 0.339 e. The Labute approximate surface area is 207 Å². The van der Waals surface area contributed by atoms with Crippen molar-refractivity contribution in [3.05, 3.63) is 48.4 Å². The summed E-state index contributed by atoms with van der Waals surface area (Å²) in [7, 11) is -1.67. The van der Waals surface area contributed by atoms with Crippen LogP contribution in [0.5, 0.6) is 0 Å². The van der Waals surface area contributed by atoms with Gasteiger partial charge in [-0.05, 0) is 23.8 Å². The Balaban J connectivity index is 1.43. The van der Waals surface area contributed by atoms with Crippen LogP contribution in [0.15, 0.2) is 46.1 Å². The van der Waals surface area contributed by atoms with Crippen LogP contribution < -0.4 is 5.32 Å². The zero-order valence-corrected chi connectivity index (χ0v) is 21.7. The third-order valence-corrected chi connectivity index (χ3v) is 7.22. The van der Waals surface area contributed by atoms with E-state index in [9.17, 15) is 13.2 Å². The molecule has 4 rings (SSSR count). The molecule has 10 nitrogen and oxygen atoms in total. The number of benzene rings is 1. The summed E-state index contributed by atoms with van der Waals surface area (Å²) in [6.45, 7) is 6.39. The zero-order chi connectivity index (χ0) is 25.4. The first-order valence-corrected chi connectivity index (χ1v) is 13.5. The standard InChI is InChI=1S/C23H26N6O4S2/c1-23(2,3)20-26-19(28-33-20)8-9-29(4)22(30)27-21-25-17-7-6-14(11-18(17)34-21)15-10-16(13-24-12-15)35(5,31)32/h6-7,10-13H,8-9H2,1-5H3,(H,25,27,30). The molecule has 3 aromatic heterocycles. The Bertz CT molecular complexity index is 1490. The van der Waals surface area contributed by atoms with Crippen LogP contribution in [0, 0.1) is 0 Å². The molecule has 1 aromatic carbocycles. The van der Waals surface area contributed by atoms with E-state index >= 15 is 0 Å². The van der Waals surface area contributed by atoms with Gasteiger partial charge in [0.05, 0.1) is 15.1 Å². The van der Waals surface area contributed by atoms with E-state index < -0.39 is 9.84 Å². The lowest BCUT2D eigenvalue weighted by atomic mass is 9.97. The molecule has 184 valence electrons. The van der Waals surface area contributed by atoms with Crippen molar-refractivity contribution >= 4 is 42.6 Å². The van der Waals surface area contributed by atoms with E-state index in [-0.39, 0.29) is 16.3 Å². The normalized spacial score (nSPS) is 12.1. The Morgan fingerprint density at radius 2 is 1.91 bits per heavy atom. The molecular formula is C23H26N6O4S2. The van der Waals surface area contributed by atoms with Crippen molar-refractivity contribution in [2.45, 2.75) is 37.5 Å². The number of pyridine rings is 1. The molecule has 0 saturated heterocycles. The minimum absolute atomic E-state index is 0.158. The van der Waals surface area contributed by atoms with Crippen molar-refractivity contribution in [3.63, 3.8) is 0 Å². The number of amides is 2. The third kappa shape index (κ3) is 5.82. The number of hydrogen-bond acceptors (Lipinski definition) is 9. The number of carbonyl (C=O) groups is 1. The van der Waals surface area contributed by atoms with Gasteiger partial charge in [0.1, 0.15) is 0 Å². The van der Waals surface area contributed by atoms with Gasteiger partial charge in [-0.2, -0.15) is 4.98 Å². The van der Waals surface area contributed by atoms with Gasteiger partial charge in [-0.1, -0.05) is 43.3 Å². The molecule has 0 atom stereocenters. The summed E-state index contributed by atoms with van der Waals surface area (Å²) in [4.78, 5) is 27.3. The summed E-state index contributed by atoms with van der Waals surface area (Å²) in [5.41, 5.74) is 1.99. The van der Waals surface area contributed by atoms with E-state index in [2.05, 4.69) is 25.4 Å². The van der Waals surface area contributed by atoms with Gasteiger partial charge in [0.2, 0.25) is 5.89 Å². The second-order valence-corrected chi connectivity index (χ2v) is 12.3. The van der Waals surface area contributed by atoms with Crippen LogP contribution in [0.1, 0.15) is 32.5 Å². The zero-order valence-electron chi connectivity index (χ0n) is 20.1. The highest BCUT2D eigenvalue weighted by atomic mass is 32.2. The van der Waals surface area contributed by atoms with Gasteiger partial charge in [-0.15, -0.1) is 0 Å². The summed E-state index contributed by atoms with van der Waals surface area (Å²) in [5.74, 6) is 1.11. The maximum atomic E-state index is 12.6. The Kier molecular flexibility index (Phi) is 6.60. The molecule has 0 aliphatic carbocycles. The lowest BCUT2D eigenvalue weighted by molar-refractivity contribution is 0.222. The number of carbonyl (C=O) groups excluding carboxylic acids is 1. The number of sulfone groups is 1. The van der Waals surface area contributed by atoms with Crippen LogP contribution in [0.2, 0.25) is 0 Å². The number of likely N-dealkylation sites (N-methyl/N-ethyl adjacent to an activating group) is 1. The third-order valence-electron chi connectivity index (χ3n) is 5.20. The molecule has 0 bridgehead atoms. The van der Waals surface area contributed by atoms with Crippen LogP contribution in [0.3, 0.4) is 0 Å². The van der Waals surface area contributed by atoms with E-state index in [0.717, 1.165) is 22.0 Å². The van der Waals surface area contributed by atoms with Gasteiger partial charge >= 0.3 is 6.03 Å². The molecule has 0 fully saturated rings. The fraction of sp³-hybridized carbons (Fsp3) is 0.348. The van der Waals surface area contributed by atoms with Gasteiger partial charge in [0.25, 0.3) is 0 Å². The highest BCUT2D eigenvalue weighted by molar-refractivity contribution is 7.90. The first-order chi connectivity index (χ1) is 16.4. The number of rotatable bonds is 6. The number of thiazole rings is 1. The van der Waals surface area contributed by atoms with Gasteiger partial charge in [-0.3, -0.25) is 10.3 Å². The fourth-order valence-electron chi connectivity index (χ4n) is 3.15. The van der Waals surface area contributed by atoms with Crippen LogP contribution >= 0.6 is 11.3 Å². The smallest absolute Gasteiger partial charge is 0.323 e. The first kappa shape index (κ1) is 24.7. The van der Waals surface area contributed by atoms with Gasteiger partial charge in [-0.25, -0.2) is 18.2 Å². The Hall–Kier alpha value is -3.38. The minimum Gasteiger partial charge on any atom is -0.339 e. The van der Waals surface area contributed by atoms with E-state index in [1.54, 1.807) is 19.3 Å². The average Bonchev–Trinajstić information content (AvgIpc) is 3.43. The van der Waals surface area contributed by atoms with E-state index in [0.29, 0.717) is 35.4 Å². The molecule has 3 heterocycles. The summed E-state index contributed by atoms with van der Waals surface area (Å²) in [6.07, 6.45) is 4.56. The van der Waals surface area contributed by atoms with E-state index in [4.69, 9.17) is 4.52 Å². The number of nitrogens with zero attached hydrogens (tertiary/aromatic N) is 5. The molecule has 0 aliphatic rings. The van der Waals surface area contributed by atoms with Gasteiger partial charge in [0.15, 0.2) is 20.8 Å². The number of aromatic nitrogens is 4. The monoisotopic (exact) mass is 514 g/mol. The first-order valence-electron chi connectivity index (χ1n) is 10.8. The number of urea groups is 1. The van der Waals surface area contributed by atoms with Crippen LogP contribution in [0.25, 0.3) is 21.3 Å². The maximum Gasteiger partial charge on any atom is 0.323 e. The predicted molar refractivity (Wildman–Crippen MR) is 134 cm³/mol. The summed E-state index contributed by atoms with van der Waals surface area (Å²) < 4.78 is 29.9. The van der Waals surface area contributed by atoms with Gasteiger partial charge in [0, 0.05) is 49.6 Å². The molecular weight excluding hydrogens is 488 g/mol. The molecule has 0 aliphatic heterocycles. The lowest BCUT2D eigenvalue weighted by Gasteiger charge is -2.15. The molecule has 0 saturated carbocycles. The van der Waals surface area contributed by atoms with Crippen LogP contribution in [-0.2, 0) is 21.7 Å². The average molecular weight is 515 g/mol. The van der Waals surface area contributed by atoms with Crippen LogP contribution in [-0.4, -0.2) is 59.3 Å². The molecule has 1 N–H and O–H groups in total. The van der Waals surface area contributed by atoms with Crippen molar-refractivity contribution in [1.82, 2.24) is 25.0 Å². The number of hydrogen-bond donors (Lipinski definition) is 1.